The van der Waals surface area contributed by atoms with Crippen LogP contribution < -0.4 is 24.8 Å². The van der Waals surface area contributed by atoms with Gasteiger partial charge in [0.05, 0.1) is 0 Å². The Balaban J connectivity index is 0.000000214. The predicted octanol–water partition coefficient (Wildman–Crippen LogP) is 2.66. The van der Waals surface area contributed by atoms with E-state index in [2.05, 4.69) is 113 Å². The van der Waals surface area contributed by atoms with Crippen LogP contribution in [0.2, 0.25) is 0 Å². The van der Waals surface area contributed by atoms with E-state index in [1.807, 2.05) is 0 Å². The second-order valence-electron chi connectivity index (χ2n) is 8.40. The summed E-state index contributed by atoms with van der Waals surface area (Å²) in [6.45, 7) is 8.77. The molecule has 0 atom stereocenters. The Hall–Kier alpha value is -2.09. The van der Waals surface area contributed by atoms with Crippen molar-refractivity contribution in [2.45, 2.75) is 27.7 Å². The van der Waals surface area contributed by atoms with Crippen LogP contribution in [0.3, 0.4) is 0 Å². The molecule has 6 aromatic rings. The molecule has 0 spiro atoms. The minimum Gasteiger partial charge on any atom is -1.00 e. The van der Waals surface area contributed by atoms with Gasteiger partial charge in [-0.2, -0.15) is 11.1 Å². The number of rotatable bonds is 0. The quantitative estimate of drug-likeness (QED) is 0.220. The molecule has 6 rings (SSSR count). The first-order valence-corrected chi connectivity index (χ1v) is 10.6. The van der Waals surface area contributed by atoms with Gasteiger partial charge in [0.2, 0.25) is 0 Å². The molecule has 0 saturated carbocycles. The zero-order chi connectivity index (χ0) is 20.8. The minimum atomic E-state index is 0. The van der Waals surface area contributed by atoms with Crippen molar-refractivity contribution in [2.24, 2.45) is 0 Å². The summed E-state index contributed by atoms with van der Waals surface area (Å²) in [5.74, 6) is 0. The van der Waals surface area contributed by atoms with Crippen molar-refractivity contribution in [1.29, 1.82) is 0 Å². The first kappa shape index (κ1) is 27.2. The molecule has 0 amide bonds. The summed E-state index contributed by atoms with van der Waals surface area (Å²) in [7, 11) is 0. The Kier molecular flexibility index (Phi) is 8.97. The number of hydrogen-bond donors (Lipinski definition) is 0. The van der Waals surface area contributed by atoms with Crippen LogP contribution in [0.4, 0.5) is 0 Å². The van der Waals surface area contributed by atoms with Crippen LogP contribution in [0.5, 0.6) is 0 Å². The van der Waals surface area contributed by atoms with Crippen LogP contribution in [-0.2, 0) is 21.7 Å². The molecule has 0 heterocycles. The first-order valence-electron chi connectivity index (χ1n) is 10.6. The zero-order valence-electron chi connectivity index (χ0n) is 19.3. The van der Waals surface area contributed by atoms with Gasteiger partial charge in [0.15, 0.2) is 0 Å². The second kappa shape index (κ2) is 10.9. The van der Waals surface area contributed by atoms with Crippen LogP contribution in [0.15, 0.2) is 84.9 Å². The molecule has 0 radical (unpaired) electrons. The van der Waals surface area contributed by atoms with E-state index in [0.717, 1.165) is 0 Å². The summed E-state index contributed by atoms with van der Waals surface area (Å²) in [6, 6.07) is 30.7. The largest absolute Gasteiger partial charge is 4.00 e. The van der Waals surface area contributed by atoms with E-state index in [1.165, 1.54) is 65.3 Å². The molecule has 3 heteroatoms. The Morgan fingerprint density at radius 1 is 0.455 bits per heavy atom. The smallest absolute Gasteiger partial charge is 1.00 e. The van der Waals surface area contributed by atoms with Gasteiger partial charge in [0.1, 0.15) is 0 Å². The van der Waals surface area contributed by atoms with E-state index < -0.39 is 0 Å². The molecule has 0 aliphatic carbocycles. The van der Waals surface area contributed by atoms with Crippen molar-refractivity contribution in [1.82, 2.24) is 0 Å². The Bertz CT molecular complexity index is 1420. The molecule has 0 saturated heterocycles. The zero-order valence-corrected chi connectivity index (χ0v) is 22.4. The van der Waals surface area contributed by atoms with Gasteiger partial charge in [0, 0.05) is 0 Å². The topological polar surface area (TPSA) is 0 Å². The molecule has 0 aliphatic heterocycles. The van der Waals surface area contributed by atoms with Crippen molar-refractivity contribution in [2.75, 3.05) is 0 Å². The summed E-state index contributed by atoms with van der Waals surface area (Å²) in [5, 5.41) is 11.0. The Morgan fingerprint density at radius 2 is 0.818 bits per heavy atom. The number of halogens is 2. The molecule has 6 aromatic carbocycles. The van der Waals surface area contributed by atoms with Gasteiger partial charge in [-0.3, -0.25) is 0 Å². The SMILES string of the molecule is Cc1[cH-]c2c(ccc3ccccc32)c1C.Cc1[cH-]c2c(ccc3ccccc32)c1C.[Cl-].[Cl-].[Ti+4]. The summed E-state index contributed by atoms with van der Waals surface area (Å²) in [5.41, 5.74) is 5.61. The third-order valence-corrected chi connectivity index (χ3v) is 6.65. The van der Waals surface area contributed by atoms with Gasteiger partial charge >= 0.3 is 21.7 Å². The predicted molar refractivity (Wildman–Crippen MR) is 133 cm³/mol. The third kappa shape index (κ3) is 4.77. The van der Waals surface area contributed by atoms with Crippen molar-refractivity contribution >= 4 is 43.1 Å². The maximum absolute atomic E-state index is 2.30. The average Bonchev–Trinajstić information content (AvgIpc) is 3.24. The molecule has 164 valence electrons. The summed E-state index contributed by atoms with van der Waals surface area (Å²) in [4.78, 5) is 0. The molecule has 0 bridgehead atoms. The molecule has 0 fully saturated rings. The van der Waals surface area contributed by atoms with Crippen molar-refractivity contribution in [3.63, 3.8) is 0 Å². The van der Waals surface area contributed by atoms with Crippen LogP contribution in [0.1, 0.15) is 22.3 Å². The molecule has 33 heavy (non-hydrogen) atoms. The van der Waals surface area contributed by atoms with Gasteiger partial charge in [0.25, 0.3) is 0 Å². The summed E-state index contributed by atoms with van der Waals surface area (Å²) in [6.07, 6.45) is 0. The fourth-order valence-electron chi connectivity index (χ4n) is 4.63. The molecule has 0 N–H and O–H groups in total. The summed E-state index contributed by atoms with van der Waals surface area (Å²) < 4.78 is 0. The molecule has 0 aromatic heterocycles. The standard InChI is InChI=1S/2C15H13.2ClH.Ti/c2*1-10-9-15-13(11(10)2)8-7-12-5-3-4-6-14(12)15;;;/h2*3-9H,1-2H3;2*1H;/q2*-1;;;+4/p-2. The first-order chi connectivity index (χ1) is 14.5. The van der Waals surface area contributed by atoms with Gasteiger partial charge in [-0.1, -0.05) is 110 Å². The van der Waals surface area contributed by atoms with E-state index in [-0.39, 0.29) is 46.5 Å². The van der Waals surface area contributed by atoms with Crippen LogP contribution in [0, 0.1) is 27.7 Å². The number of hydrogen-bond acceptors (Lipinski definition) is 0. The normalized spacial score (nSPS) is 10.3. The monoisotopic (exact) mass is 504 g/mol. The van der Waals surface area contributed by atoms with Gasteiger partial charge in [-0.05, 0) is 0 Å². The van der Waals surface area contributed by atoms with Crippen molar-refractivity contribution in [3.8, 4) is 0 Å². The average molecular weight is 505 g/mol. The van der Waals surface area contributed by atoms with Crippen LogP contribution in [0.25, 0.3) is 43.1 Å². The summed E-state index contributed by atoms with van der Waals surface area (Å²) >= 11 is 0. The maximum atomic E-state index is 2.30. The van der Waals surface area contributed by atoms with E-state index in [0.29, 0.717) is 0 Å². The van der Waals surface area contributed by atoms with Crippen LogP contribution in [-0.4, -0.2) is 0 Å². The van der Waals surface area contributed by atoms with Crippen molar-refractivity contribution in [3.05, 3.63) is 107 Å². The van der Waals surface area contributed by atoms with E-state index in [4.69, 9.17) is 0 Å². The Morgan fingerprint density at radius 3 is 1.21 bits per heavy atom. The van der Waals surface area contributed by atoms with Crippen LogP contribution >= 0.6 is 0 Å². The molecular formula is C30H26Cl2Ti. The van der Waals surface area contributed by atoms with E-state index in [1.54, 1.807) is 0 Å². The van der Waals surface area contributed by atoms with E-state index in [9.17, 15) is 0 Å². The number of aryl methyl sites for hydroxylation is 4. The molecule has 0 aliphatic rings. The fourth-order valence-corrected chi connectivity index (χ4v) is 4.63. The second-order valence-corrected chi connectivity index (χ2v) is 8.40. The van der Waals surface area contributed by atoms with Crippen molar-refractivity contribution < 1.29 is 46.5 Å². The fraction of sp³-hybridized carbons (Fsp3) is 0.133. The molecular weight excluding hydrogens is 479 g/mol. The maximum Gasteiger partial charge on any atom is 4.00 e. The van der Waals surface area contributed by atoms with Gasteiger partial charge < -0.3 is 24.8 Å². The van der Waals surface area contributed by atoms with E-state index >= 15 is 0 Å². The molecule has 0 nitrogen and oxygen atoms in total. The van der Waals surface area contributed by atoms with Gasteiger partial charge in [-0.25, -0.2) is 0 Å². The minimum absolute atomic E-state index is 0. The van der Waals surface area contributed by atoms with Gasteiger partial charge in [-0.15, -0.1) is 56.9 Å². The number of fused-ring (bicyclic) bond motifs is 6. The third-order valence-electron chi connectivity index (χ3n) is 6.65. The Labute approximate surface area is 223 Å². The number of benzene rings is 4. The molecule has 0 unspecified atom stereocenters.